The number of carbonyl (C=O) groups excluding carboxylic acids is 1. The van der Waals surface area contributed by atoms with E-state index in [0.717, 1.165) is 17.0 Å². The molecule has 4 nitrogen and oxygen atoms in total. The number of ether oxygens (including phenoxy) is 1. The average molecular weight is 338 g/mol. The molecule has 0 saturated carbocycles. The van der Waals surface area contributed by atoms with Crippen molar-refractivity contribution in [2.75, 3.05) is 7.11 Å². The number of benzene rings is 2. The molecule has 1 amide bonds. The largest absolute Gasteiger partial charge is 0.497 e. The Bertz CT molecular complexity index is 839. The lowest BCUT2D eigenvalue weighted by molar-refractivity contribution is -0.115. The second-order valence-electron chi connectivity index (χ2n) is 5.52. The molecular weight excluding hydrogens is 320 g/mol. The van der Waals surface area contributed by atoms with Crippen molar-refractivity contribution in [3.8, 4) is 5.75 Å². The van der Waals surface area contributed by atoms with Crippen LogP contribution in [0.4, 0.5) is 5.69 Å². The second-order valence-corrected chi connectivity index (χ2v) is 6.55. The summed E-state index contributed by atoms with van der Waals surface area (Å²) >= 11 is 1.35. The van der Waals surface area contributed by atoms with E-state index in [1.807, 2.05) is 48.5 Å². The first-order valence-corrected chi connectivity index (χ1v) is 8.38. The summed E-state index contributed by atoms with van der Waals surface area (Å²) < 4.78 is 5.14. The first-order chi connectivity index (χ1) is 11.5. The van der Waals surface area contributed by atoms with Crippen molar-refractivity contribution in [2.24, 2.45) is 4.99 Å². The smallest absolute Gasteiger partial charge is 0.264 e. The first kappa shape index (κ1) is 16.3. The number of methoxy groups -OCH3 is 1. The fourth-order valence-electron chi connectivity index (χ4n) is 2.24. The van der Waals surface area contributed by atoms with Crippen LogP contribution in [0.1, 0.15) is 16.7 Å². The van der Waals surface area contributed by atoms with Crippen LogP contribution in [0.2, 0.25) is 0 Å². The van der Waals surface area contributed by atoms with Crippen LogP contribution in [0.15, 0.2) is 52.4 Å². The summed E-state index contributed by atoms with van der Waals surface area (Å²) in [5.41, 5.74) is 4.19. The first-order valence-electron chi connectivity index (χ1n) is 7.56. The highest BCUT2D eigenvalue weighted by atomic mass is 32.2. The number of aliphatic imine (C=N–C) groups is 1. The van der Waals surface area contributed by atoms with Gasteiger partial charge in [0, 0.05) is 0 Å². The molecule has 0 radical (unpaired) electrons. The number of nitrogens with one attached hydrogen (secondary N) is 1. The number of thioether (sulfide) groups is 1. The molecule has 0 spiro atoms. The monoisotopic (exact) mass is 338 g/mol. The van der Waals surface area contributed by atoms with Gasteiger partial charge >= 0.3 is 0 Å². The van der Waals surface area contributed by atoms with Crippen LogP contribution in [0.5, 0.6) is 5.75 Å². The Hall–Kier alpha value is -2.53. The van der Waals surface area contributed by atoms with Gasteiger partial charge in [-0.3, -0.25) is 4.79 Å². The molecule has 1 aliphatic heterocycles. The maximum atomic E-state index is 12.1. The molecule has 1 saturated heterocycles. The minimum atomic E-state index is -0.126. The van der Waals surface area contributed by atoms with Crippen molar-refractivity contribution >= 4 is 34.6 Å². The molecular formula is C19H18N2O2S. The number of aryl methyl sites for hydroxylation is 2. The molecule has 0 atom stereocenters. The zero-order chi connectivity index (χ0) is 17.1. The third-order valence-corrected chi connectivity index (χ3v) is 4.70. The van der Waals surface area contributed by atoms with Gasteiger partial charge in [-0.1, -0.05) is 18.2 Å². The van der Waals surface area contributed by atoms with E-state index in [2.05, 4.69) is 24.2 Å². The quantitative estimate of drug-likeness (QED) is 0.853. The Balaban J connectivity index is 1.80. The van der Waals surface area contributed by atoms with Crippen molar-refractivity contribution in [2.45, 2.75) is 13.8 Å². The summed E-state index contributed by atoms with van der Waals surface area (Å²) in [6.07, 6.45) is 1.85. The Labute approximate surface area is 145 Å². The highest BCUT2D eigenvalue weighted by molar-refractivity contribution is 8.18. The van der Waals surface area contributed by atoms with E-state index in [1.54, 1.807) is 7.11 Å². The van der Waals surface area contributed by atoms with Gasteiger partial charge < -0.3 is 10.1 Å². The van der Waals surface area contributed by atoms with E-state index in [4.69, 9.17) is 4.74 Å². The van der Waals surface area contributed by atoms with E-state index in [-0.39, 0.29) is 5.91 Å². The van der Waals surface area contributed by atoms with Gasteiger partial charge in [0.05, 0.1) is 17.7 Å². The lowest BCUT2D eigenvalue weighted by Gasteiger charge is -2.01. The highest BCUT2D eigenvalue weighted by Crippen LogP contribution is 2.29. The number of hydrogen-bond acceptors (Lipinski definition) is 4. The van der Waals surface area contributed by atoms with Gasteiger partial charge in [0.15, 0.2) is 5.17 Å². The minimum Gasteiger partial charge on any atom is -0.497 e. The molecule has 1 heterocycles. The van der Waals surface area contributed by atoms with Gasteiger partial charge in [0.1, 0.15) is 5.75 Å². The molecule has 122 valence electrons. The second kappa shape index (κ2) is 6.93. The van der Waals surface area contributed by atoms with Crippen LogP contribution < -0.4 is 10.1 Å². The van der Waals surface area contributed by atoms with Crippen LogP contribution in [0.3, 0.4) is 0 Å². The number of hydrogen-bond donors (Lipinski definition) is 1. The summed E-state index contributed by atoms with van der Waals surface area (Å²) in [6, 6.07) is 13.6. The van der Waals surface area contributed by atoms with Crippen LogP contribution in [-0.4, -0.2) is 18.2 Å². The Kier molecular flexibility index (Phi) is 4.71. The number of amides is 1. The molecule has 2 aromatic carbocycles. The third-order valence-electron chi connectivity index (χ3n) is 3.79. The summed E-state index contributed by atoms with van der Waals surface area (Å²) in [5.74, 6) is 0.663. The molecule has 0 unspecified atom stereocenters. The van der Waals surface area contributed by atoms with E-state index < -0.39 is 0 Å². The zero-order valence-corrected chi connectivity index (χ0v) is 14.6. The Morgan fingerprint density at radius 1 is 1.08 bits per heavy atom. The molecule has 0 aliphatic carbocycles. The number of rotatable bonds is 3. The van der Waals surface area contributed by atoms with Crippen molar-refractivity contribution in [1.29, 1.82) is 0 Å². The summed E-state index contributed by atoms with van der Waals surface area (Å²) in [6.45, 7) is 4.11. The Morgan fingerprint density at radius 3 is 2.50 bits per heavy atom. The topological polar surface area (TPSA) is 50.7 Å². The molecule has 0 bridgehead atoms. The van der Waals surface area contributed by atoms with Gasteiger partial charge in [0.2, 0.25) is 0 Å². The SMILES string of the molecule is COc1ccc(/C=C2/SC(=Nc3ccc(C)c(C)c3)NC2=O)cc1. The molecule has 1 fully saturated rings. The zero-order valence-electron chi connectivity index (χ0n) is 13.8. The molecule has 24 heavy (non-hydrogen) atoms. The maximum absolute atomic E-state index is 12.1. The fourth-order valence-corrected chi connectivity index (χ4v) is 3.09. The van der Waals surface area contributed by atoms with Gasteiger partial charge in [-0.25, -0.2) is 4.99 Å². The molecule has 1 aliphatic rings. The number of carbonyl (C=O) groups is 1. The van der Waals surface area contributed by atoms with E-state index in [1.165, 1.54) is 22.9 Å². The van der Waals surface area contributed by atoms with Crippen LogP contribution >= 0.6 is 11.8 Å². The maximum Gasteiger partial charge on any atom is 0.264 e. The minimum absolute atomic E-state index is 0.126. The number of nitrogens with zero attached hydrogens (tertiary/aromatic N) is 1. The average Bonchev–Trinajstić information content (AvgIpc) is 2.91. The third kappa shape index (κ3) is 3.68. The van der Waals surface area contributed by atoms with Gasteiger partial charge in [-0.05, 0) is 72.6 Å². The van der Waals surface area contributed by atoms with Crippen molar-refractivity contribution < 1.29 is 9.53 Å². The molecule has 2 aromatic rings. The van der Waals surface area contributed by atoms with Gasteiger partial charge in [-0.2, -0.15) is 0 Å². The normalized spacial score (nSPS) is 17.4. The lowest BCUT2D eigenvalue weighted by Crippen LogP contribution is -2.19. The molecule has 5 heteroatoms. The van der Waals surface area contributed by atoms with Gasteiger partial charge in [0.25, 0.3) is 5.91 Å². The standard InChI is InChI=1S/C19H18N2O2S/c1-12-4-7-15(10-13(12)2)20-19-21-18(22)17(24-19)11-14-5-8-16(23-3)9-6-14/h4-11H,1-3H3,(H,20,21,22)/b17-11+. The molecule has 1 N–H and O–H groups in total. The van der Waals surface area contributed by atoms with E-state index in [9.17, 15) is 4.79 Å². The number of amidine groups is 1. The summed E-state index contributed by atoms with van der Waals surface area (Å²) in [4.78, 5) is 17.3. The van der Waals surface area contributed by atoms with Crippen LogP contribution in [0, 0.1) is 13.8 Å². The summed E-state index contributed by atoms with van der Waals surface area (Å²) in [7, 11) is 1.63. The predicted molar refractivity (Wildman–Crippen MR) is 99.7 cm³/mol. The highest BCUT2D eigenvalue weighted by Gasteiger charge is 2.23. The van der Waals surface area contributed by atoms with E-state index >= 15 is 0 Å². The van der Waals surface area contributed by atoms with E-state index in [0.29, 0.717) is 10.1 Å². The Morgan fingerprint density at radius 2 is 1.83 bits per heavy atom. The van der Waals surface area contributed by atoms with Crippen LogP contribution in [0.25, 0.3) is 6.08 Å². The van der Waals surface area contributed by atoms with Crippen molar-refractivity contribution in [3.63, 3.8) is 0 Å². The van der Waals surface area contributed by atoms with Crippen molar-refractivity contribution in [3.05, 3.63) is 64.1 Å². The van der Waals surface area contributed by atoms with Crippen molar-refractivity contribution in [1.82, 2.24) is 5.32 Å². The lowest BCUT2D eigenvalue weighted by atomic mass is 10.1. The summed E-state index contributed by atoms with van der Waals surface area (Å²) in [5, 5.41) is 3.41. The molecule has 0 aromatic heterocycles. The molecule has 3 rings (SSSR count). The van der Waals surface area contributed by atoms with Gasteiger partial charge in [-0.15, -0.1) is 0 Å². The van der Waals surface area contributed by atoms with Crippen LogP contribution in [-0.2, 0) is 4.79 Å². The fraction of sp³-hybridized carbons (Fsp3) is 0.158. The predicted octanol–water partition coefficient (Wildman–Crippen LogP) is 4.20.